The SMILES string of the molecule is CCC(=O)OC[C@H]1O[C@@](C)(c2ccc3c(N)ncnn23)[C@H](O)[C@@H]1OC(=O)[C@@H](N)C(C)C. The summed E-state index contributed by atoms with van der Waals surface area (Å²) < 4.78 is 18.4. The van der Waals surface area contributed by atoms with Crippen LogP contribution in [0, 0.1) is 5.92 Å². The molecule has 31 heavy (non-hydrogen) atoms. The molecule has 0 unspecified atom stereocenters. The van der Waals surface area contributed by atoms with E-state index < -0.39 is 41.9 Å². The predicted molar refractivity (Wildman–Crippen MR) is 110 cm³/mol. The zero-order valence-electron chi connectivity index (χ0n) is 18.0. The van der Waals surface area contributed by atoms with E-state index in [0.717, 1.165) is 0 Å². The Morgan fingerprint density at radius 2 is 2.10 bits per heavy atom. The summed E-state index contributed by atoms with van der Waals surface area (Å²) in [4.78, 5) is 28.1. The maximum Gasteiger partial charge on any atom is 0.323 e. The Kier molecular flexibility index (Phi) is 6.48. The van der Waals surface area contributed by atoms with E-state index in [9.17, 15) is 14.7 Å². The first-order chi connectivity index (χ1) is 14.6. The first-order valence-electron chi connectivity index (χ1n) is 10.2. The molecule has 0 radical (unpaired) electrons. The summed E-state index contributed by atoms with van der Waals surface area (Å²) in [7, 11) is 0. The molecule has 0 spiro atoms. The number of carbonyl (C=O) groups excluding carboxylic acids is 2. The van der Waals surface area contributed by atoms with Crippen LogP contribution in [0.5, 0.6) is 0 Å². The summed E-state index contributed by atoms with van der Waals surface area (Å²) in [5.74, 6) is -1.02. The van der Waals surface area contributed by atoms with Gasteiger partial charge in [-0.15, -0.1) is 0 Å². The van der Waals surface area contributed by atoms with E-state index in [1.807, 2.05) is 0 Å². The van der Waals surface area contributed by atoms with E-state index in [2.05, 4.69) is 10.1 Å². The standard InChI is InChI=1S/C20H29N5O6/c1-5-14(26)29-8-12-16(30-19(28)15(21)10(2)3)17(27)20(4,31-12)13-7-6-11-18(22)23-9-24-25(11)13/h6-7,9-10,12,15-17,27H,5,8,21H2,1-4H3,(H2,22,23,24)/t12-,15+,16-,17-,20+/m1/s1. The van der Waals surface area contributed by atoms with Crippen LogP contribution in [0.25, 0.3) is 5.52 Å². The number of carbonyl (C=O) groups is 2. The van der Waals surface area contributed by atoms with Crippen molar-refractivity contribution in [3.8, 4) is 0 Å². The van der Waals surface area contributed by atoms with Crippen molar-refractivity contribution in [3.63, 3.8) is 0 Å². The van der Waals surface area contributed by atoms with Crippen LogP contribution in [0.15, 0.2) is 18.5 Å². The van der Waals surface area contributed by atoms with Gasteiger partial charge in [-0.2, -0.15) is 5.10 Å². The van der Waals surface area contributed by atoms with Gasteiger partial charge in [-0.1, -0.05) is 20.8 Å². The molecular formula is C20H29N5O6. The van der Waals surface area contributed by atoms with E-state index in [4.69, 9.17) is 25.7 Å². The average Bonchev–Trinajstić information content (AvgIpc) is 3.28. The molecule has 0 saturated carbocycles. The number of nitrogen functional groups attached to an aromatic ring is 1. The van der Waals surface area contributed by atoms with Crippen molar-refractivity contribution in [1.82, 2.24) is 14.6 Å². The lowest BCUT2D eigenvalue weighted by atomic mass is 9.93. The van der Waals surface area contributed by atoms with Gasteiger partial charge in [-0.25, -0.2) is 9.50 Å². The quantitative estimate of drug-likeness (QED) is 0.509. The Labute approximate surface area is 179 Å². The fourth-order valence-corrected chi connectivity index (χ4v) is 3.54. The topological polar surface area (TPSA) is 164 Å². The number of anilines is 1. The lowest BCUT2D eigenvalue weighted by Crippen LogP contribution is -2.46. The number of fused-ring (bicyclic) bond motifs is 1. The Balaban J connectivity index is 1.95. The largest absolute Gasteiger partial charge is 0.463 e. The molecule has 11 nitrogen and oxygen atoms in total. The summed E-state index contributed by atoms with van der Waals surface area (Å²) in [6, 6.07) is 2.52. The lowest BCUT2D eigenvalue weighted by Gasteiger charge is -2.28. The summed E-state index contributed by atoms with van der Waals surface area (Å²) in [5.41, 5.74) is 11.5. The molecule has 0 bridgehead atoms. The third kappa shape index (κ3) is 4.21. The van der Waals surface area contributed by atoms with Gasteiger partial charge in [0.2, 0.25) is 0 Å². The minimum absolute atomic E-state index is 0.163. The van der Waals surface area contributed by atoms with Gasteiger partial charge in [0.25, 0.3) is 0 Å². The highest BCUT2D eigenvalue weighted by atomic mass is 16.6. The van der Waals surface area contributed by atoms with Gasteiger partial charge < -0.3 is 30.8 Å². The molecule has 11 heteroatoms. The van der Waals surface area contributed by atoms with Crippen LogP contribution < -0.4 is 11.5 Å². The van der Waals surface area contributed by atoms with Gasteiger partial charge in [0.05, 0.1) is 5.69 Å². The van der Waals surface area contributed by atoms with Crippen LogP contribution in [0.3, 0.4) is 0 Å². The number of hydrogen-bond acceptors (Lipinski definition) is 10. The van der Waals surface area contributed by atoms with Gasteiger partial charge in [-0.3, -0.25) is 9.59 Å². The average molecular weight is 435 g/mol. The van der Waals surface area contributed by atoms with Crippen molar-refractivity contribution in [2.45, 2.75) is 64.1 Å². The number of ether oxygens (including phenoxy) is 3. The van der Waals surface area contributed by atoms with Gasteiger partial charge >= 0.3 is 11.9 Å². The summed E-state index contributed by atoms with van der Waals surface area (Å²) in [6.45, 7) is 6.67. The predicted octanol–water partition coefficient (Wildman–Crippen LogP) is 0.135. The second-order valence-corrected chi connectivity index (χ2v) is 8.08. The monoisotopic (exact) mass is 435 g/mol. The molecule has 3 heterocycles. The zero-order valence-corrected chi connectivity index (χ0v) is 18.0. The molecule has 2 aromatic heterocycles. The normalized spacial score (nSPS) is 26.9. The van der Waals surface area contributed by atoms with E-state index in [0.29, 0.717) is 11.2 Å². The van der Waals surface area contributed by atoms with E-state index in [1.165, 1.54) is 10.8 Å². The lowest BCUT2D eigenvalue weighted by molar-refractivity contribution is -0.162. The number of hydrogen-bond donors (Lipinski definition) is 3. The maximum atomic E-state index is 12.5. The Hall–Kier alpha value is -2.76. The number of aliphatic hydroxyl groups excluding tert-OH is 1. The molecule has 1 fully saturated rings. The summed E-state index contributed by atoms with van der Waals surface area (Å²) in [5, 5.41) is 15.4. The first-order valence-corrected chi connectivity index (χ1v) is 10.2. The molecule has 0 aliphatic carbocycles. The Morgan fingerprint density at radius 1 is 1.39 bits per heavy atom. The van der Waals surface area contributed by atoms with Crippen LogP contribution in [-0.4, -0.2) is 62.6 Å². The van der Waals surface area contributed by atoms with Crippen molar-refractivity contribution >= 4 is 23.3 Å². The van der Waals surface area contributed by atoms with Crippen LogP contribution in [0.1, 0.15) is 39.8 Å². The number of nitrogens with zero attached hydrogens (tertiary/aromatic N) is 3. The van der Waals surface area contributed by atoms with E-state index >= 15 is 0 Å². The molecule has 0 amide bonds. The second-order valence-electron chi connectivity index (χ2n) is 8.08. The van der Waals surface area contributed by atoms with Crippen molar-refractivity contribution in [3.05, 3.63) is 24.2 Å². The van der Waals surface area contributed by atoms with E-state index in [1.54, 1.807) is 39.8 Å². The fraction of sp³-hybridized carbons (Fsp3) is 0.600. The zero-order chi connectivity index (χ0) is 22.9. The number of aromatic nitrogens is 3. The highest BCUT2D eigenvalue weighted by molar-refractivity contribution is 5.76. The van der Waals surface area contributed by atoms with Gasteiger partial charge in [0.15, 0.2) is 11.9 Å². The van der Waals surface area contributed by atoms with Gasteiger partial charge in [0.1, 0.15) is 42.3 Å². The molecule has 3 rings (SSSR count). The van der Waals surface area contributed by atoms with E-state index in [-0.39, 0.29) is 24.8 Å². The van der Waals surface area contributed by atoms with Gasteiger partial charge in [0, 0.05) is 6.42 Å². The molecule has 5 N–H and O–H groups in total. The number of aliphatic hydroxyl groups is 1. The molecular weight excluding hydrogens is 406 g/mol. The fourth-order valence-electron chi connectivity index (χ4n) is 3.54. The second kappa shape index (κ2) is 8.77. The highest BCUT2D eigenvalue weighted by Gasteiger charge is 2.56. The van der Waals surface area contributed by atoms with Crippen LogP contribution in [-0.2, 0) is 29.4 Å². The highest BCUT2D eigenvalue weighted by Crippen LogP contribution is 2.41. The molecule has 2 aromatic rings. The molecule has 1 aliphatic rings. The Bertz CT molecular complexity index is 963. The van der Waals surface area contributed by atoms with Crippen molar-refractivity contribution < 1.29 is 28.9 Å². The maximum absolute atomic E-state index is 12.5. The third-order valence-electron chi connectivity index (χ3n) is 5.57. The number of nitrogens with two attached hydrogens (primary N) is 2. The van der Waals surface area contributed by atoms with Crippen molar-refractivity contribution in [1.29, 1.82) is 0 Å². The van der Waals surface area contributed by atoms with Crippen LogP contribution in [0.2, 0.25) is 0 Å². The molecule has 0 aromatic carbocycles. The molecule has 5 atom stereocenters. The van der Waals surface area contributed by atoms with Crippen LogP contribution in [0.4, 0.5) is 5.82 Å². The van der Waals surface area contributed by atoms with Crippen molar-refractivity contribution in [2.75, 3.05) is 12.3 Å². The van der Waals surface area contributed by atoms with Crippen LogP contribution >= 0.6 is 0 Å². The third-order valence-corrected chi connectivity index (χ3v) is 5.57. The Morgan fingerprint density at radius 3 is 2.74 bits per heavy atom. The minimum atomic E-state index is -1.34. The first kappa shape index (κ1) is 22.9. The summed E-state index contributed by atoms with van der Waals surface area (Å²) in [6.07, 6.45) is -1.86. The van der Waals surface area contributed by atoms with Gasteiger partial charge in [-0.05, 0) is 25.0 Å². The number of rotatable bonds is 7. The molecule has 1 saturated heterocycles. The smallest absolute Gasteiger partial charge is 0.323 e. The molecule has 170 valence electrons. The number of esters is 2. The molecule has 1 aliphatic heterocycles. The summed E-state index contributed by atoms with van der Waals surface area (Å²) >= 11 is 0. The van der Waals surface area contributed by atoms with Crippen molar-refractivity contribution in [2.24, 2.45) is 11.7 Å². The minimum Gasteiger partial charge on any atom is -0.463 e.